The highest BCUT2D eigenvalue weighted by Gasteiger charge is 2.33. The van der Waals surface area contributed by atoms with Gasteiger partial charge in [0.05, 0.1) is 12.2 Å². The van der Waals surface area contributed by atoms with Crippen LogP contribution in [0.3, 0.4) is 0 Å². The fraction of sp³-hybridized carbons (Fsp3) is 0.235. The first kappa shape index (κ1) is 14.4. The maximum absolute atomic E-state index is 13.4. The molecule has 1 amide bonds. The standard InChI is InChI=1S/C17H16FNO3/c1-2-15-17(21)19(10-11-4-3-5-12(18)8-11)14-9-13(20)6-7-16(14)22-15/h3-9,15,20H,2,10H2,1H3. The van der Waals surface area contributed by atoms with Gasteiger partial charge in [-0.2, -0.15) is 0 Å². The number of carbonyl (C=O) groups excluding carboxylic acids is 1. The van der Waals surface area contributed by atoms with Crippen LogP contribution in [-0.2, 0) is 11.3 Å². The van der Waals surface area contributed by atoms with Crippen molar-refractivity contribution >= 4 is 11.6 Å². The summed E-state index contributed by atoms with van der Waals surface area (Å²) in [5, 5.41) is 9.67. The van der Waals surface area contributed by atoms with Crippen LogP contribution in [0.4, 0.5) is 10.1 Å². The number of fused-ring (bicyclic) bond motifs is 1. The molecule has 1 atom stereocenters. The Morgan fingerprint density at radius 1 is 1.27 bits per heavy atom. The number of phenolic OH excluding ortho intramolecular Hbond substituents is 1. The number of aromatic hydroxyl groups is 1. The van der Waals surface area contributed by atoms with Gasteiger partial charge in [0.1, 0.15) is 17.3 Å². The van der Waals surface area contributed by atoms with E-state index in [9.17, 15) is 14.3 Å². The molecule has 1 aliphatic rings. The molecule has 4 nitrogen and oxygen atoms in total. The molecule has 2 aromatic rings. The maximum atomic E-state index is 13.4. The summed E-state index contributed by atoms with van der Waals surface area (Å²) in [4.78, 5) is 14.1. The van der Waals surface area contributed by atoms with E-state index in [1.807, 2.05) is 6.92 Å². The Labute approximate surface area is 127 Å². The second kappa shape index (κ2) is 5.67. The normalized spacial score (nSPS) is 17.1. The average Bonchev–Trinajstić information content (AvgIpc) is 2.50. The average molecular weight is 301 g/mol. The fourth-order valence-corrected chi connectivity index (χ4v) is 2.55. The van der Waals surface area contributed by atoms with E-state index in [4.69, 9.17) is 4.74 Å². The minimum atomic E-state index is -0.564. The minimum absolute atomic E-state index is 0.0503. The van der Waals surface area contributed by atoms with Crippen molar-refractivity contribution < 1.29 is 19.0 Å². The number of hydrogen-bond acceptors (Lipinski definition) is 3. The number of phenols is 1. The molecule has 0 saturated heterocycles. The first-order valence-corrected chi connectivity index (χ1v) is 7.14. The van der Waals surface area contributed by atoms with Crippen LogP contribution in [0.15, 0.2) is 42.5 Å². The number of carbonyl (C=O) groups is 1. The second-order valence-electron chi connectivity index (χ2n) is 5.22. The summed E-state index contributed by atoms with van der Waals surface area (Å²) < 4.78 is 19.0. The smallest absolute Gasteiger partial charge is 0.268 e. The van der Waals surface area contributed by atoms with Gasteiger partial charge in [-0.1, -0.05) is 19.1 Å². The van der Waals surface area contributed by atoms with E-state index in [1.165, 1.54) is 29.2 Å². The maximum Gasteiger partial charge on any atom is 0.268 e. The number of hydrogen-bond donors (Lipinski definition) is 1. The number of nitrogens with zero attached hydrogens (tertiary/aromatic N) is 1. The van der Waals surface area contributed by atoms with Gasteiger partial charge in [-0.05, 0) is 36.2 Å². The summed E-state index contributed by atoms with van der Waals surface area (Å²) in [6, 6.07) is 10.8. The Morgan fingerprint density at radius 3 is 2.82 bits per heavy atom. The van der Waals surface area contributed by atoms with Crippen molar-refractivity contribution in [3.8, 4) is 11.5 Å². The van der Waals surface area contributed by atoms with Crippen molar-refractivity contribution in [1.82, 2.24) is 0 Å². The molecule has 0 aliphatic carbocycles. The van der Waals surface area contributed by atoms with E-state index in [2.05, 4.69) is 0 Å². The van der Waals surface area contributed by atoms with Gasteiger partial charge >= 0.3 is 0 Å². The molecule has 0 spiro atoms. The molecule has 1 heterocycles. The first-order chi connectivity index (χ1) is 10.6. The highest BCUT2D eigenvalue weighted by Crippen LogP contribution is 2.38. The molecule has 22 heavy (non-hydrogen) atoms. The van der Waals surface area contributed by atoms with Crippen LogP contribution in [0.25, 0.3) is 0 Å². The second-order valence-corrected chi connectivity index (χ2v) is 5.22. The third kappa shape index (κ3) is 2.62. The Morgan fingerprint density at radius 2 is 2.09 bits per heavy atom. The van der Waals surface area contributed by atoms with Gasteiger partial charge in [-0.3, -0.25) is 4.79 Å². The number of ether oxygens (including phenoxy) is 1. The molecular formula is C17H16FNO3. The van der Waals surface area contributed by atoms with E-state index < -0.39 is 6.10 Å². The largest absolute Gasteiger partial charge is 0.508 e. The van der Waals surface area contributed by atoms with E-state index in [1.54, 1.807) is 18.2 Å². The Hall–Kier alpha value is -2.56. The van der Waals surface area contributed by atoms with Crippen molar-refractivity contribution in [2.45, 2.75) is 26.0 Å². The minimum Gasteiger partial charge on any atom is -0.508 e. The number of rotatable bonds is 3. The molecule has 2 aromatic carbocycles. The predicted molar refractivity (Wildman–Crippen MR) is 80.4 cm³/mol. The molecule has 3 rings (SSSR count). The predicted octanol–water partition coefficient (Wildman–Crippen LogP) is 3.24. The monoisotopic (exact) mass is 301 g/mol. The van der Waals surface area contributed by atoms with E-state index in [-0.39, 0.29) is 24.0 Å². The molecular weight excluding hydrogens is 285 g/mol. The summed E-state index contributed by atoms with van der Waals surface area (Å²) in [6.07, 6.45) is -0.0238. The molecule has 1 aliphatic heterocycles. The highest BCUT2D eigenvalue weighted by atomic mass is 19.1. The Kier molecular flexibility index (Phi) is 3.71. The van der Waals surface area contributed by atoms with Crippen molar-refractivity contribution in [2.24, 2.45) is 0 Å². The fourth-order valence-electron chi connectivity index (χ4n) is 2.55. The molecule has 5 heteroatoms. The van der Waals surface area contributed by atoms with Crippen LogP contribution in [0.1, 0.15) is 18.9 Å². The number of benzene rings is 2. The summed E-state index contributed by atoms with van der Waals surface area (Å²) >= 11 is 0. The number of halogens is 1. The SMILES string of the molecule is CCC1Oc2ccc(O)cc2N(Cc2cccc(F)c2)C1=O. The van der Waals surface area contributed by atoms with E-state index in [0.717, 1.165) is 0 Å². The number of amides is 1. The van der Waals surface area contributed by atoms with Crippen LogP contribution in [0.2, 0.25) is 0 Å². The highest BCUT2D eigenvalue weighted by molar-refractivity contribution is 6.00. The molecule has 1 N–H and O–H groups in total. The zero-order valence-corrected chi connectivity index (χ0v) is 12.1. The molecule has 1 unspecified atom stereocenters. The Bertz CT molecular complexity index is 717. The lowest BCUT2D eigenvalue weighted by Gasteiger charge is -2.34. The lowest BCUT2D eigenvalue weighted by Crippen LogP contribution is -2.45. The zero-order chi connectivity index (χ0) is 15.7. The van der Waals surface area contributed by atoms with Crippen molar-refractivity contribution in [2.75, 3.05) is 4.90 Å². The first-order valence-electron chi connectivity index (χ1n) is 7.14. The quantitative estimate of drug-likeness (QED) is 0.947. The lowest BCUT2D eigenvalue weighted by atomic mass is 10.1. The van der Waals surface area contributed by atoms with Gasteiger partial charge in [0.2, 0.25) is 0 Å². The van der Waals surface area contributed by atoms with Gasteiger partial charge in [0.15, 0.2) is 6.10 Å². The van der Waals surface area contributed by atoms with Crippen LogP contribution in [-0.4, -0.2) is 17.1 Å². The summed E-state index contributed by atoms with van der Waals surface area (Å²) in [6.45, 7) is 2.10. The van der Waals surface area contributed by atoms with E-state index in [0.29, 0.717) is 23.4 Å². The molecule has 0 fully saturated rings. The zero-order valence-electron chi connectivity index (χ0n) is 12.1. The van der Waals surface area contributed by atoms with Gasteiger partial charge in [-0.15, -0.1) is 0 Å². The van der Waals surface area contributed by atoms with Crippen LogP contribution in [0.5, 0.6) is 11.5 Å². The third-order valence-electron chi connectivity index (χ3n) is 3.64. The Balaban J connectivity index is 2.00. The van der Waals surface area contributed by atoms with Crippen molar-refractivity contribution in [3.63, 3.8) is 0 Å². The molecule has 0 saturated carbocycles. The number of anilines is 1. The summed E-state index contributed by atoms with van der Waals surface area (Å²) in [5.74, 6) is 0.0567. The molecule has 114 valence electrons. The third-order valence-corrected chi connectivity index (χ3v) is 3.64. The van der Waals surface area contributed by atoms with Crippen molar-refractivity contribution in [3.05, 3.63) is 53.8 Å². The summed E-state index contributed by atoms with van der Waals surface area (Å²) in [5.41, 5.74) is 1.18. The van der Waals surface area contributed by atoms with Gasteiger partial charge in [-0.25, -0.2) is 4.39 Å². The topological polar surface area (TPSA) is 49.8 Å². The van der Waals surface area contributed by atoms with Gasteiger partial charge < -0.3 is 14.7 Å². The summed E-state index contributed by atoms with van der Waals surface area (Å²) in [7, 11) is 0. The molecule has 0 bridgehead atoms. The molecule has 0 radical (unpaired) electrons. The van der Waals surface area contributed by atoms with Gasteiger partial charge in [0.25, 0.3) is 5.91 Å². The van der Waals surface area contributed by atoms with E-state index >= 15 is 0 Å². The van der Waals surface area contributed by atoms with Crippen LogP contribution < -0.4 is 9.64 Å². The lowest BCUT2D eigenvalue weighted by molar-refractivity contribution is -0.126. The van der Waals surface area contributed by atoms with Crippen LogP contribution in [0, 0.1) is 5.82 Å². The van der Waals surface area contributed by atoms with Crippen molar-refractivity contribution in [1.29, 1.82) is 0 Å². The molecule has 0 aromatic heterocycles. The van der Waals surface area contributed by atoms with Gasteiger partial charge in [0, 0.05) is 6.07 Å². The van der Waals surface area contributed by atoms with Crippen LogP contribution >= 0.6 is 0 Å².